The van der Waals surface area contributed by atoms with E-state index in [4.69, 9.17) is 21.1 Å². The Hall–Kier alpha value is -3.59. The normalized spacial score (nSPS) is 15.5. The summed E-state index contributed by atoms with van der Waals surface area (Å²) in [6.45, 7) is -0.0365. The van der Waals surface area contributed by atoms with E-state index in [0.717, 1.165) is 5.69 Å². The highest BCUT2D eigenvalue weighted by molar-refractivity contribution is 6.30. The number of carbonyl (C=O) groups is 2. The van der Waals surface area contributed by atoms with Gasteiger partial charge in [-0.15, -0.1) is 0 Å². The monoisotopic (exact) mass is 413 g/mol. The molecule has 1 fully saturated rings. The molecular weight excluding hydrogens is 398 g/mol. The summed E-state index contributed by atoms with van der Waals surface area (Å²) >= 11 is 6.05. The average molecular weight is 414 g/mol. The Kier molecular flexibility index (Phi) is 5.05. The third-order valence-electron chi connectivity index (χ3n) is 4.29. The average Bonchev–Trinajstić information content (AvgIpc) is 3.14. The van der Waals surface area contributed by atoms with Crippen LogP contribution in [0.3, 0.4) is 0 Å². The van der Waals surface area contributed by atoms with E-state index >= 15 is 0 Å². The van der Waals surface area contributed by atoms with Gasteiger partial charge in [0.05, 0.1) is 18.3 Å². The van der Waals surface area contributed by atoms with Crippen LogP contribution in [0, 0.1) is 0 Å². The highest BCUT2D eigenvalue weighted by Gasteiger charge is 2.29. The highest BCUT2D eigenvalue weighted by atomic mass is 35.5. The maximum absolute atomic E-state index is 12.5. The van der Waals surface area contributed by atoms with E-state index in [-0.39, 0.29) is 6.61 Å². The number of alkyl carbamates (subject to hydrolysis) is 1. The van der Waals surface area contributed by atoms with Crippen LogP contribution in [0.5, 0.6) is 5.75 Å². The molecule has 4 rings (SSSR count). The molecule has 3 aromatic rings. The Morgan fingerprint density at radius 2 is 2.17 bits per heavy atom. The van der Waals surface area contributed by atoms with Crippen molar-refractivity contribution in [3.63, 3.8) is 0 Å². The van der Waals surface area contributed by atoms with Crippen LogP contribution in [0.15, 0.2) is 42.7 Å². The molecule has 29 heavy (non-hydrogen) atoms. The molecule has 2 amide bonds. The number of hydrogen-bond donors (Lipinski definition) is 3. The standard InChI is InChI=1S/C19H16ClN5O4/c1-28-16-7-13-12(6-14(16)24-18(26)15-8-29-19(27)25-15)17(22-9-21-13)23-11-4-2-3-10(20)5-11/h2-7,9,15H,8H2,1H3,(H,24,26)(H,25,27)(H,21,22,23)/t15-/m1/s1. The minimum atomic E-state index is -0.779. The second-order valence-electron chi connectivity index (χ2n) is 6.21. The van der Waals surface area contributed by atoms with Gasteiger partial charge in [-0.05, 0) is 24.3 Å². The molecule has 148 valence electrons. The van der Waals surface area contributed by atoms with Crippen molar-refractivity contribution >= 4 is 51.7 Å². The number of methoxy groups -OCH3 is 1. The first-order valence-electron chi connectivity index (χ1n) is 8.63. The van der Waals surface area contributed by atoms with Gasteiger partial charge in [0.15, 0.2) is 0 Å². The lowest BCUT2D eigenvalue weighted by Gasteiger charge is -2.15. The number of amides is 2. The molecule has 3 N–H and O–H groups in total. The molecule has 0 unspecified atom stereocenters. The summed E-state index contributed by atoms with van der Waals surface area (Å²) in [6.07, 6.45) is 0.801. The van der Waals surface area contributed by atoms with Gasteiger partial charge < -0.3 is 25.4 Å². The molecule has 1 aliphatic rings. The van der Waals surface area contributed by atoms with Crippen LogP contribution in [-0.4, -0.2) is 41.7 Å². The summed E-state index contributed by atoms with van der Waals surface area (Å²) in [7, 11) is 1.49. The molecule has 1 aliphatic heterocycles. The second-order valence-corrected chi connectivity index (χ2v) is 6.65. The Morgan fingerprint density at radius 1 is 1.31 bits per heavy atom. The molecule has 0 aliphatic carbocycles. The van der Waals surface area contributed by atoms with Crippen molar-refractivity contribution in [3.8, 4) is 5.75 Å². The fourth-order valence-electron chi connectivity index (χ4n) is 2.90. The quantitative estimate of drug-likeness (QED) is 0.588. The molecule has 0 radical (unpaired) electrons. The topological polar surface area (TPSA) is 114 Å². The van der Waals surface area contributed by atoms with Gasteiger partial charge in [0, 0.05) is 22.2 Å². The van der Waals surface area contributed by atoms with E-state index < -0.39 is 18.0 Å². The van der Waals surface area contributed by atoms with Crippen molar-refractivity contribution in [2.75, 3.05) is 24.4 Å². The summed E-state index contributed by atoms with van der Waals surface area (Å²) in [5.41, 5.74) is 1.79. The Labute approximate surface area is 170 Å². The first-order chi connectivity index (χ1) is 14.0. The minimum absolute atomic E-state index is 0.0365. The van der Waals surface area contributed by atoms with E-state index in [1.807, 2.05) is 12.1 Å². The fraction of sp³-hybridized carbons (Fsp3) is 0.158. The molecule has 10 heteroatoms. The number of benzene rings is 2. The number of ether oxygens (including phenoxy) is 2. The zero-order chi connectivity index (χ0) is 20.4. The van der Waals surface area contributed by atoms with E-state index in [1.54, 1.807) is 24.3 Å². The number of hydrogen-bond acceptors (Lipinski definition) is 7. The van der Waals surface area contributed by atoms with Gasteiger partial charge in [-0.3, -0.25) is 4.79 Å². The van der Waals surface area contributed by atoms with Crippen LogP contribution in [0.25, 0.3) is 10.9 Å². The summed E-state index contributed by atoms with van der Waals surface area (Å²) < 4.78 is 10.1. The lowest BCUT2D eigenvalue weighted by Crippen LogP contribution is -2.38. The third kappa shape index (κ3) is 3.99. The first-order valence-corrected chi connectivity index (χ1v) is 9.01. The van der Waals surface area contributed by atoms with Crippen LogP contribution in [-0.2, 0) is 9.53 Å². The summed E-state index contributed by atoms with van der Waals surface area (Å²) in [5, 5.41) is 9.64. The zero-order valence-corrected chi connectivity index (χ0v) is 16.0. The lowest BCUT2D eigenvalue weighted by molar-refractivity contribution is -0.117. The fourth-order valence-corrected chi connectivity index (χ4v) is 3.09. The van der Waals surface area contributed by atoms with Crippen LogP contribution >= 0.6 is 11.6 Å². The van der Waals surface area contributed by atoms with Crippen LogP contribution in [0.1, 0.15) is 0 Å². The maximum atomic E-state index is 12.5. The number of cyclic esters (lactones) is 1. The van der Waals surface area contributed by atoms with Crippen LogP contribution in [0.4, 0.5) is 22.0 Å². The van der Waals surface area contributed by atoms with Crippen LogP contribution < -0.4 is 20.7 Å². The minimum Gasteiger partial charge on any atom is -0.494 e. The number of fused-ring (bicyclic) bond motifs is 1. The molecule has 1 aromatic heterocycles. The molecular formula is C19H16ClN5O4. The molecule has 0 spiro atoms. The van der Waals surface area contributed by atoms with E-state index in [9.17, 15) is 9.59 Å². The van der Waals surface area contributed by atoms with Crippen molar-refractivity contribution in [3.05, 3.63) is 47.7 Å². The van der Waals surface area contributed by atoms with Crippen molar-refractivity contribution in [2.45, 2.75) is 6.04 Å². The maximum Gasteiger partial charge on any atom is 0.407 e. The Bertz CT molecular complexity index is 1110. The number of anilines is 3. The lowest BCUT2D eigenvalue weighted by atomic mass is 10.1. The number of nitrogens with zero attached hydrogens (tertiary/aromatic N) is 2. The first kappa shape index (κ1) is 18.8. The smallest absolute Gasteiger partial charge is 0.407 e. The molecule has 2 aromatic carbocycles. The molecule has 9 nitrogen and oxygen atoms in total. The van der Waals surface area contributed by atoms with Crippen molar-refractivity contribution < 1.29 is 19.1 Å². The van der Waals surface area contributed by atoms with E-state index in [2.05, 4.69) is 25.9 Å². The van der Waals surface area contributed by atoms with Crippen molar-refractivity contribution in [1.82, 2.24) is 15.3 Å². The van der Waals surface area contributed by atoms with Gasteiger partial charge in [-0.1, -0.05) is 17.7 Å². The van der Waals surface area contributed by atoms with Crippen molar-refractivity contribution in [1.29, 1.82) is 0 Å². The number of carbonyl (C=O) groups excluding carboxylic acids is 2. The summed E-state index contributed by atoms with van der Waals surface area (Å²) in [4.78, 5) is 32.2. The number of nitrogens with one attached hydrogen (secondary N) is 3. The van der Waals surface area contributed by atoms with Gasteiger partial charge in [0.1, 0.15) is 30.5 Å². The third-order valence-corrected chi connectivity index (χ3v) is 4.53. The SMILES string of the molecule is COc1cc2ncnc(Nc3cccc(Cl)c3)c2cc1NC(=O)[C@H]1COC(=O)N1. The van der Waals surface area contributed by atoms with Crippen molar-refractivity contribution in [2.24, 2.45) is 0 Å². The summed E-state index contributed by atoms with van der Waals surface area (Å²) in [6, 6.07) is 9.84. The number of aromatic nitrogens is 2. The number of rotatable bonds is 5. The molecule has 1 saturated heterocycles. The largest absolute Gasteiger partial charge is 0.494 e. The van der Waals surface area contributed by atoms with Gasteiger partial charge >= 0.3 is 6.09 Å². The van der Waals surface area contributed by atoms with Gasteiger partial charge in [0.25, 0.3) is 5.91 Å². The van der Waals surface area contributed by atoms with E-state index in [1.165, 1.54) is 13.4 Å². The predicted molar refractivity (Wildman–Crippen MR) is 108 cm³/mol. The molecule has 1 atom stereocenters. The van der Waals surface area contributed by atoms with Gasteiger partial charge in [-0.2, -0.15) is 0 Å². The molecule has 0 saturated carbocycles. The van der Waals surface area contributed by atoms with Gasteiger partial charge in [-0.25, -0.2) is 14.8 Å². The molecule has 0 bridgehead atoms. The molecule has 2 heterocycles. The number of halogens is 1. The second kappa shape index (κ2) is 7.80. The van der Waals surface area contributed by atoms with Gasteiger partial charge in [0.2, 0.25) is 0 Å². The Balaban J connectivity index is 1.69. The highest BCUT2D eigenvalue weighted by Crippen LogP contribution is 2.33. The predicted octanol–water partition coefficient (Wildman–Crippen LogP) is 3.08. The Morgan fingerprint density at radius 3 is 2.90 bits per heavy atom. The summed E-state index contributed by atoms with van der Waals surface area (Å²) in [5.74, 6) is 0.533. The zero-order valence-electron chi connectivity index (χ0n) is 15.2. The van der Waals surface area contributed by atoms with E-state index in [0.29, 0.717) is 33.2 Å². The van der Waals surface area contributed by atoms with Crippen LogP contribution in [0.2, 0.25) is 5.02 Å².